The number of hydrogen-bond donors (Lipinski definition) is 0. The van der Waals surface area contributed by atoms with Crippen LogP contribution in [-0.2, 0) is 10.8 Å². The lowest BCUT2D eigenvalue weighted by atomic mass is 9.73. The normalized spacial score (nSPS) is 15.8. The first kappa shape index (κ1) is 33.8. The Morgan fingerprint density at radius 2 is 0.661 bits per heavy atom. The van der Waals surface area contributed by atoms with Gasteiger partial charge in [-0.15, -0.1) is 0 Å². The molecule has 5 heteroatoms. The third-order valence-electron chi connectivity index (χ3n) is 12.4. The molecule has 10 rings (SSSR count). The summed E-state index contributed by atoms with van der Waals surface area (Å²) in [6.45, 7) is 9.17. The number of hydrogen-bond acceptors (Lipinski definition) is 4. The van der Waals surface area contributed by atoms with Crippen LogP contribution in [0.4, 0.5) is 34.1 Å². The molecule has 56 heavy (non-hydrogen) atoms. The zero-order valence-corrected chi connectivity index (χ0v) is 32.2. The molecule has 3 aliphatic rings. The van der Waals surface area contributed by atoms with Crippen molar-refractivity contribution in [2.45, 2.75) is 38.5 Å². The van der Waals surface area contributed by atoms with Crippen molar-refractivity contribution in [2.24, 2.45) is 0 Å². The van der Waals surface area contributed by atoms with Crippen molar-refractivity contribution in [3.63, 3.8) is 0 Å². The van der Waals surface area contributed by atoms with Gasteiger partial charge in [0, 0.05) is 29.3 Å². The lowest BCUT2D eigenvalue weighted by molar-refractivity contribution is 0.0693. The fourth-order valence-corrected chi connectivity index (χ4v) is 9.36. The number of fused-ring (bicyclic) bond motifs is 5. The first-order valence-electron chi connectivity index (χ1n) is 19.3. The summed E-state index contributed by atoms with van der Waals surface area (Å²) >= 11 is 0. The summed E-state index contributed by atoms with van der Waals surface area (Å²) in [6.07, 6.45) is 0. The van der Waals surface area contributed by atoms with E-state index >= 15 is 0 Å². The molecule has 0 saturated heterocycles. The molecule has 7 aromatic carbocycles. The van der Waals surface area contributed by atoms with E-state index in [2.05, 4.69) is 183 Å². The van der Waals surface area contributed by atoms with E-state index in [0.717, 1.165) is 56.4 Å². The first-order valence-corrected chi connectivity index (χ1v) is 19.3. The Bertz CT molecular complexity index is 2470. The van der Waals surface area contributed by atoms with Crippen molar-refractivity contribution in [2.75, 3.05) is 16.8 Å². The Kier molecular flexibility index (Phi) is 7.33. The van der Waals surface area contributed by atoms with E-state index in [-0.39, 0.29) is 22.6 Å². The number of amides is 2. The van der Waals surface area contributed by atoms with Crippen molar-refractivity contribution < 1.29 is 9.59 Å². The minimum Gasteiger partial charge on any atom is -0.310 e. The predicted octanol–water partition coefficient (Wildman–Crippen LogP) is 12.5. The standard InChI is InChI=1S/C51H41N3O2/c1-50(2)40-14-6-10-18-44(40)53(45-19-11-7-15-41(45)50)34-26-22-32(23-27-34)36-30-38-39(49(56)52(5)48(38)55)31-37(36)33-24-28-35(29-25-33)54-46-20-12-8-16-42(46)51(3,4)43-17-9-13-21-47(43)54/h6-31H,1-5H3. The lowest BCUT2D eigenvalue weighted by Gasteiger charge is -2.42. The summed E-state index contributed by atoms with van der Waals surface area (Å²) in [5.74, 6) is -0.557. The summed E-state index contributed by atoms with van der Waals surface area (Å²) < 4.78 is 0. The van der Waals surface area contributed by atoms with Crippen molar-refractivity contribution in [3.05, 3.63) is 191 Å². The van der Waals surface area contributed by atoms with E-state index in [4.69, 9.17) is 0 Å². The molecule has 0 spiro atoms. The maximum atomic E-state index is 13.3. The van der Waals surface area contributed by atoms with Gasteiger partial charge in [-0.2, -0.15) is 0 Å². The van der Waals surface area contributed by atoms with Crippen molar-refractivity contribution in [1.29, 1.82) is 0 Å². The van der Waals surface area contributed by atoms with Gasteiger partial charge in [0.15, 0.2) is 0 Å². The molecular weight excluding hydrogens is 687 g/mol. The van der Waals surface area contributed by atoms with E-state index < -0.39 is 0 Å². The Hall–Kier alpha value is -6.72. The number of carbonyl (C=O) groups excluding carboxylic acids is 2. The Balaban J connectivity index is 1.08. The molecular formula is C51H41N3O2. The van der Waals surface area contributed by atoms with Gasteiger partial charge in [-0.25, -0.2) is 0 Å². The van der Waals surface area contributed by atoms with Gasteiger partial charge in [0.1, 0.15) is 0 Å². The average Bonchev–Trinajstić information content (AvgIpc) is 3.44. The molecule has 0 atom stereocenters. The lowest BCUT2D eigenvalue weighted by Crippen LogP contribution is -2.30. The van der Waals surface area contributed by atoms with Crippen LogP contribution in [0.1, 0.15) is 70.7 Å². The predicted molar refractivity (Wildman–Crippen MR) is 227 cm³/mol. The minimum atomic E-state index is -0.278. The Morgan fingerprint density at radius 3 is 0.964 bits per heavy atom. The van der Waals surface area contributed by atoms with Crippen molar-refractivity contribution in [3.8, 4) is 22.3 Å². The third kappa shape index (κ3) is 4.80. The highest BCUT2D eigenvalue weighted by atomic mass is 16.2. The maximum absolute atomic E-state index is 13.3. The van der Waals surface area contributed by atoms with Crippen LogP contribution >= 0.6 is 0 Å². The number of anilines is 6. The van der Waals surface area contributed by atoms with Gasteiger partial charge in [0.25, 0.3) is 11.8 Å². The van der Waals surface area contributed by atoms with Gasteiger partial charge in [-0.05, 0) is 105 Å². The molecule has 3 aliphatic heterocycles. The number of benzene rings is 7. The monoisotopic (exact) mass is 727 g/mol. The zero-order chi connectivity index (χ0) is 38.5. The van der Waals surface area contributed by atoms with E-state index in [1.54, 1.807) is 7.05 Å². The summed E-state index contributed by atoms with van der Waals surface area (Å²) in [5, 5.41) is 0. The molecule has 0 unspecified atom stereocenters. The number of imide groups is 1. The van der Waals surface area contributed by atoms with Gasteiger partial charge in [-0.3, -0.25) is 14.5 Å². The second-order valence-electron chi connectivity index (χ2n) is 16.2. The van der Waals surface area contributed by atoms with Gasteiger partial charge >= 0.3 is 0 Å². The summed E-state index contributed by atoms with van der Waals surface area (Å²) in [4.78, 5) is 32.6. The van der Waals surface area contributed by atoms with Crippen molar-refractivity contribution in [1.82, 2.24) is 4.90 Å². The summed E-state index contributed by atoms with van der Waals surface area (Å²) in [6, 6.07) is 55.6. The van der Waals surface area contributed by atoms with Crippen LogP contribution in [0.2, 0.25) is 0 Å². The summed E-state index contributed by atoms with van der Waals surface area (Å²) in [5.41, 5.74) is 16.2. The molecule has 0 bridgehead atoms. The quantitative estimate of drug-likeness (QED) is 0.169. The van der Waals surface area contributed by atoms with E-state index in [1.165, 1.54) is 27.2 Å². The SMILES string of the molecule is CN1C(=O)c2cc(-c3ccc(N4c5ccccc5C(C)(C)c5ccccc54)cc3)c(-c3ccc(N4c5ccccc5C(C)(C)c5ccccc54)cc3)cc2C1=O. The zero-order valence-electron chi connectivity index (χ0n) is 32.2. The second kappa shape index (κ2) is 12.1. The number of rotatable bonds is 4. The van der Waals surface area contributed by atoms with Crippen LogP contribution in [0.3, 0.4) is 0 Å². The molecule has 2 amide bonds. The van der Waals surface area contributed by atoms with Crippen LogP contribution in [0.5, 0.6) is 0 Å². The van der Waals surface area contributed by atoms with Crippen molar-refractivity contribution >= 4 is 45.9 Å². The number of para-hydroxylation sites is 4. The average molecular weight is 728 g/mol. The van der Waals surface area contributed by atoms with E-state index in [9.17, 15) is 9.59 Å². The number of carbonyl (C=O) groups is 2. The van der Waals surface area contributed by atoms with Crippen LogP contribution in [-0.4, -0.2) is 23.8 Å². The number of nitrogens with zero attached hydrogens (tertiary/aromatic N) is 3. The fraction of sp³-hybridized carbons (Fsp3) is 0.137. The molecule has 5 nitrogen and oxygen atoms in total. The Morgan fingerprint density at radius 1 is 0.375 bits per heavy atom. The molecule has 0 aliphatic carbocycles. The van der Waals surface area contributed by atoms with Gasteiger partial charge < -0.3 is 9.80 Å². The molecule has 7 aromatic rings. The molecule has 0 radical (unpaired) electrons. The second-order valence-corrected chi connectivity index (χ2v) is 16.2. The third-order valence-corrected chi connectivity index (χ3v) is 12.4. The van der Waals surface area contributed by atoms with Crippen LogP contribution in [0.25, 0.3) is 22.3 Å². The Labute approximate surface area is 328 Å². The molecule has 3 heterocycles. The van der Waals surface area contributed by atoms with E-state index in [1.807, 2.05) is 12.1 Å². The molecule has 272 valence electrons. The van der Waals surface area contributed by atoms with Gasteiger partial charge in [-0.1, -0.05) is 125 Å². The molecule has 0 aromatic heterocycles. The van der Waals surface area contributed by atoms with E-state index in [0.29, 0.717) is 11.1 Å². The fourth-order valence-electron chi connectivity index (χ4n) is 9.36. The highest BCUT2D eigenvalue weighted by Crippen LogP contribution is 2.53. The minimum absolute atomic E-state index is 0.146. The largest absolute Gasteiger partial charge is 0.310 e. The molecule has 0 fully saturated rings. The van der Waals surface area contributed by atoms with Gasteiger partial charge in [0.05, 0.1) is 33.9 Å². The highest BCUT2D eigenvalue weighted by Gasteiger charge is 2.38. The topological polar surface area (TPSA) is 43.9 Å². The first-order chi connectivity index (χ1) is 27.1. The van der Waals surface area contributed by atoms with Crippen LogP contribution < -0.4 is 9.80 Å². The summed E-state index contributed by atoms with van der Waals surface area (Å²) in [7, 11) is 1.55. The van der Waals surface area contributed by atoms with Gasteiger partial charge in [0.2, 0.25) is 0 Å². The van der Waals surface area contributed by atoms with Crippen LogP contribution in [0, 0.1) is 0 Å². The van der Waals surface area contributed by atoms with Crippen LogP contribution in [0.15, 0.2) is 158 Å². The molecule has 0 saturated carbocycles. The molecule has 0 N–H and O–H groups in total. The maximum Gasteiger partial charge on any atom is 0.261 e. The smallest absolute Gasteiger partial charge is 0.261 e. The highest BCUT2D eigenvalue weighted by molar-refractivity contribution is 6.22.